The van der Waals surface area contributed by atoms with Crippen molar-refractivity contribution >= 4 is 23.4 Å². The van der Waals surface area contributed by atoms with Crippen LogP contribution in [0.2, 0.25) is 5.02 Å². The van der Waals surface area contributed by atoms with Crippen molar-refractivity contribution in [3.63, 3.8) is 0 Å². The summed E-state index contributed by atoms with van der Waals surface area (Å²) in [6.07, 6.45) is 2.53. The Bertz CT molecular complexity index is 497. The largest absolute Gasteiger partial charge is 0.468 e. The van der Waals surface area contributed by atoms with E-state index in [2.05, 4.69) is 0 Å². The van der Waals surface area contributed by atoms with Crippen LogP contribution in [0, 0.1) is 0 Å². The number of hydrogen-bond donors (Lipinski definition) is 1. The van der Waals surface area contributed by atoms with Gasteiger partial charge >= 0.3 is 0 Å². The Hall–Kier alpha value is -0.900. The van der Waals surface area contributed by atoms with Crippen molar-refractivity contribution in [2.45, 2.75) is 30.0 Å². The van der Waals surface area contributed by atoms with Crippen LogP contribution in [-0.4, -0.2) is 6.04 Å². The zero-order chi connectivity index (χ0) is 13.0. The Morgan fingerprint density at radius 3 is 2.89 bits per heavy atom. The van der Waals surface area contributed by atoms with Gasteiger partial charge in [0.25, 0.3) is 0 Å². The van der Waals surface area contributed by atoms with Crippen LogP contribution in [0.5, 0.6) is 0 Å². The zero-order valence-corrected chi connectivity index (χ0v) is 11.8. The van der Waals surface area contributed by atoms with Crippen LogP contribution in [0.1, 0.15) is 18.2 Å². The maximum atomic E-state index is 6.03. The van der Waals surface area contributed by atoms with Crippen molar-refractivity contribution < 1.29 is 4.42 Å². The molecule has 0 bridgehead atoms. The fraction of sp³-hybridized carbons (Fsp3) is 0.286. The molecule has 0 fully saturated rings. The van der Waals surface area contributed by atoms with Crippen molar-refractivity contribution in [2.75, 3.05) is 0 Å². The zero-order valence-electron chi connectivity index (χ0n) is 10.2. The van der Waals surface area contributed by atoms with Gasteiger partial charge in [-0.05, 0) is 49.2 Å². The number of rotatable bonds is 5. The minimum absolute atomic E-state index is 0.131. The molecular formula is C14H16ClNOS. The van der Waals surface area contributed by atoms with Gasteiger partial charge in [0.1, 0.15) is 5.76 Å². The van der Waals surface area contributed by atoms with Crippen molar-refractivity contribution in [3.8, 4) is 0 Å². The average molecular weight is 282 g/mol. The molecule has 0 aliphatic rings. The summed E-state index contributed by atoms with van der Waals surface area (Å²) in [6, 6.07) is 9.97. The summed E-state index contributed by atoms with van der Waals surface area (Å²) in [6.45, 7) is 2.00. The highest BCUT2D eigenvalue weighted by Crippen LogP contribution is 2.29. The van der Waals surface area contributed by atoms with Gasteiger partial charge in [0.15, 0.2) is 0 Å². The molecule has 0 aliphatic heterocycles. The SMILES string of the molecule is CC(N)Cc1cc(Cl)ccc1SCc1ccco1. The third-order valence-corrected chi connectivity index (χ3v) is 3.89. The van der Waals surface area contributed by atoms with Crippen LogP contribution in [-0.2, 0) is 12.2 Å². The Kier molecular flexibility index (Phi) is 4.75. The van der Waals surface area contributed by atoms with Crippen LogP contribution < -0.4 is 5.73 Å². The van der Waals surface area contributed by atoms with E-state index in [1.807, 2.05) is 37.3 Å². The van der Waals surface area contributed by atoms with Gasteiger partial charge in [0.2, 0.25) is 0 Å². The highest BCUT2D eigenvalue weighted by molar-refractivity contribution is 7.98. The van der Waals surface area contributed by atoms with Gasteiger partial charge in [-0.3, -0.25) is 0 Å². The van der Waals surface area contributed by atoms with Gasteiger partial charge in [-0.15, -0.1) is 11.8 Å². The number of benzene rings is 1. The molecule has 0 saturated carbocycles. The maximum Gasteiger partial charge on any atom is 0.113 e. The van der Waals surface area contributed by atoms with Crippen LogP contribution >= 0.6 is 23.4 Å². The second-order valence-electron chi connectivity index (χ2n) is 4.30. The summed E-state index contributed by atoms with van der Waals surface area (Å²) >= 11 is 7.78. The Balaban J connectivity index is 2.10. The van der Waals surface area contributed by atoms with Gasteiger partial charge < -0.3 is 10.2 Å². The topological polar surface area (TPSA) is 39.2 Å². The molecule has 0 saturated heterocycles. The van der Waals surface area contributed by atoms with Crippen LogP contribution in [0.25, 0.3) is 0 Å². The maximum absolute atomic E-state index is 6.03. The lowest BCUT2D eigenvalue weighted by Crippen LogP contribution is -2.18. The minimum Gasteiger partial charge on any atom is -0.468 e. The Labute approximate surface area is 117 Å². The third kappa shape index (κ3) is 3.80. The van der Waals surface area contributed by atoms with E-state index in [-0.39, 0.29) is 6.04 Å². The fourth-order valence-corrected chi connectivity index (χ4v) is 2.89. The number of furan rings is 1. The smallest absolute Gasteiger partial charge is 0.113 e. The molecule has 0 spiro atoms. The second kappa shape index (κ2) is 6.32. The first-order valence-corrected chi connectivity index (χ1v) is 7.20. The molecule has 4 heteroatoms. The summed E-state index contributed by atoms with van der Waals surface area (Å²) < 4.78 is 5.33. The van der Waals surface area contributed by atoms with Crippen molar-refractivity contribution in [2.24, 2.45) is 5.73 Å². The molecule has 1 aromatic carbocycles. The number of halogens is 1. The first-order chi connectivity index (χ1) is 8.65. The van der Waals surface area contributed by atoms with Crippen molar-refractivity contribution in [3.05, 3.63) is 52.9 Å². The first-order valence-electron chi connectivity index (χ1n) is 5.84. The molecule has 2 rings (SSSR count). The molecule has 18 heavy (non-hydrogen) atoms. The van der Waals surface area contributed by atoms with E-state index in [1.165, 1.54) is 10.5 Å². The van der Waals surface area contributed by atoms with Gasteiger partial charge in [-0.1, -0.05) is 11.6 Å². The second-order valence-corrected chi connectivity index (χ2v) is 5.76. The van der Waals surface area contributed by atoms with Crippen LogP contribution in [0.3, 0.4) is 0 Å². The average Bonchev–Trinajstić information content (AvgIpc) is 2.80. The van der Waals surface area contributed by atoms with E-state index in [1.54, 1.807) is 18.0 Å². The molecule has 96 valence electrons. The molecule has 0 amide bonds. The fourth-order valence-electron chi connectivity index (χ4n) is 1.74. The Morgan fingerprint density at radius 1 is 1.39 bits per heavy atom. The molecule has 1 unspecified atom stereocenters. The van der Waals surface area contributed by atoms with Crippen molar-refractivity contribution in [1.82, 2.24) is 0 Å². The molecule has 2 N–H and O–H groups in total. The van der Waals surface area contributed by atoms with E-state index < -0.39 is 0 Å². The molecule has 2 aromatic rings. The van der Waals surface area contributed by atoms with E-state index in [9.17, 15) is 0 Å². The summed E-state index contributed by atoms with van der Waals surface area (Å²) in [5.74, 6) is 1.79. The number of hydrogen-bond acceptors (Lipinski definition) is 3. The lowest BCUT2D eigenvalue weighted by molar-refractivity contribution is 0.530. The predicted octanol–water partition coefficient (Wildman–Crippen LogP) is 4.12. The summed E-state index contributed by atoms with van der Waals surface area (Å²) in [5.41, 5.74) is 7.07. The quantitative estimate of drug-likeness (QED) is 0.838. The molecule has 0 radical (unpaired) electrons. The monoisotopic (exact) mass is 281 g/mol. The summed E-state index contributed by atoms with van der Waals surface area (Å²) in [5, 5.41) is 0.757. The first kappa shape index (κ1) is 13.5. The van der Waals surface area contributed by atoms with Gasteiger partial charge in [-0.25, -0.2) is 0 Å². The van der Waals surface area contributed by atoms with E-state index in [0.717, 1.165) is 23.0 Å². The lowest BCUT2D eigenvalue weighted by Gasteiger charge is -2.11. The highest BCUT2D eigenvalue weighted by atomic mass is 35.5. The van der Waals surface area contributed by atoms with Crippen LogP contribution in [0.15, 0.2) is 45.9 Å². The van der Waals surface area contributed by atoms with E-state index >= 15 is 0 Å². The molecule has 1 aromatic heterocycles. The van der Waals surface area contributed by atoms with Crippen LogP contribution in [0.4, 0.5) is 0 Å². The predicted molar refractivity (Wildman–Crippen MR) is 77.1 cm³/mol. The summed E-state index contributed by atoms with van der Waals surface area (Å²) in [4.78, 5) is 1.22. The van der Waals surface area contributed by atoms with Gasteiger partial charge in [-0.2, -0.15) is 0 Å². The molecule has 0 aliphatic carbocycles. The molecule has 1 atom stereocenters. The number of thioether (sulfide) groups is 1. The molecular weight excluding hydrogens is 266 g/mol. The lowest BCUT2D eigenvalue weighted by atomic mass is 10.1. The van der Waals surface area contributed by atoms with Gasteiger partial charge in [0.05, 0.1) is 12.0 Å². The van der Waals surface area contributed by atoms with Gasteiger partial charge in [0, 0.05) is 16.0 Å². The van der Waals surface area contributed by atoms with E-state index in [4.69, 9.17) is 21.8 Å². The standard InChI is InChI=1S/C14H16ClNOS/c1-10(16)7-11-8-12(15)4-5-14(11)18-9-13-3-2-6-17-13/h2-6,8,10H,7,9,16H2,1H3. The third-order valence-electron chi connectivity index (χ3n) is 2.51. The molecule has 2 nitrogen and oxygen atoms in total. The van der Waals surface area contributed by atoms with E-state index in [0.29, 0.717) is 0 Å². The highest BCUT2D eigenvalue weighted by Gasteiger charge is 2.07. The van der Waals surface area contributed by atoms with Crippen molar-refractivity contribution in [1.29, 1.82) is 0 Å². The Morgan fingerprint density at radius 2 is 2.22 bits per heavy atom. The molecule has 1 heterocycles. The summed E-state index contributed by atoms with van der Waals surface area (Å²) in [7, 11) is 0. The number of nitrogens with two attached hydrogens (primary N) is 1. The minimum atomic E-state index is 0.131. The normalized spacial score (nSPS) is 12.6.